The lowest BCUT2D eigenvalue weighted by Crippen LogP contribution is -2.28. The number of carbonyl (C=O) groups is 1. The number of thioether (sulfide) groups is 1. The molecule has 0 radical (unpaired) electrons. The second-order valence-electron chi connectivity index (χ2n) is 8.54. The van der Waals surface area contributed by atoms with Crippen LogP contribution in [0.5, 0.6) is 11.5 Å². The fourth-order valence-electron chi connectivity index (χ4n) is 3.90. The van der Waals surface area contributed by atoms with Gasteiger partial charge in [-0.2, -0.15) is 0 Å². The van der Waals surface area contributed by atoms with Gasteiger partial charge in [-0.05, 0) is 70.9 Å². The molecule has 0 aliphatic carbocycles. The Bertz CT molecular complexity index is 1470. The Morgan fingerprint density at radius 3 is 2.29 bits per heavy atom. The van der Waals surface area contributed by atoms with E-state index in [2.05, 4.69) is 0 Å². The first-order chi connectivity index (χ1) is 18.6. The highest BCUT2D eigenvalue weighted by Crippen LogP contribution is 2.36. The Balaban J connectivity index is 1.39. The van der Waals surface area contributed by atoms with Gasteiger partial charge in [0.15, 0.2) is 16.7 Å². The van der Waals surface area contributed by atoms with E-state index in [1.54, 1.807) is 30.2 Å². The highest BCUT2D eigenvalue weighted by Gasteiger charge is 2.33. The van der Waals surface area contributed by atoms with Crippen LogP contribution >= 0.6 is 11.8 Å². The minimum atomic E-state index is -0.289. The molecule has 1 saturated heterocycles. The molecule has 38 heavy (non-hydrogen) atoms. The number of hydrogen-bond acceptors (Lipinski definition) is 5. The van der Waals surface area contributed by atoms with Crippen LogP contribution in [0, 0.1) is 5.82 Å². The van der Waals surface area contributed by atoms with Crippen LogP contribution in [0.25, 0.3) is 6.08 Å². The van der Waals surface area contributed by atoms with Crippen LogP contribution in [-0.2, 0) is 17.9 Å². The van der Waals surface area contributed by atoms with E-state index in [0.29, 0.717) is 28.1 Å². The maximum atomic E-state index is 13.5. The molecule has 1 aliphatic heterocycles. The number of amides is 1. The van der Waals surface area contributed by atoms with Crippen molar-refractivity contribution in [1.82, 2.24) is 4.90 Å². The number of benzene rings is 4. The molecule has 190 valence electrons. The highest BCUT2D eigenvalue weighted by molar-refractivity contribution is 8.18. The van der Waals surface area contributed by atoms with Crippen LogP contribution in [0.4, 0.5) is 10.1 Å². The van der Waals surface area contributed by atoms with E-state index in [1.165, 1.54) is 23.9 Å². The van der Waals surface area contributed by atoms with Crippen molar-refractivity contribution in [3.63, 3.8) is 0 Å². The quantitative estimate of drug-likeness (QED) is 0.228. The molecule has 4 aromatic rings. The fourth-order valence-corrected chi connectivity index (χ4v) is 4.89. The average Bonchev–Trinajstić information content (AvgIpc) is 3.23. The summed E-state index contributed by atoms with van der Waals surface area (Å²) < 4.78 is 24.6. The lowest BCUT2D eigenvalue weighted by Gasteiger charge is -2.15. The zero-order valence-electron chi connectivity index (χ0n) is 20.7. The summed E-state index contributed by atoms with van der Waals surface area (Å²) in [5.74, 6) is 0.698. The highest BCUT2D eigenvalue weighted by atomic mass is 32.2. The van der Waals surface area contributed by atoms with E-state index in [4.69, 9.17) is 14.5 Å². The molecule has 1 fully saturated rings. The molecule has 5 nitrogen and oxygen atoms in total. The Morgan fingerprint density at radius 1 is 0.868 bits per heavy atom. The maximum Gasteiger partial charge on any atom is 0.267 e. The molecule has 0 N–H and O–H groups in total. The van der Waals surface area contributed by atoms with Gasteiger partial charge in [-0.15, -0.1) is 0 Å². The normalized spacial score (nSPS) is 15.3. The van der Waals surface area contributed by atoms with Crippen molar-refractivity contribution in [2.75, 3.05) is 7.11 Å². The largest absolute Gasteiger partial charge is 0.493 e. The number of amidine groups is 1. The van der Waals surface area contributed by atoms with Crippen molar-refractivity contribution in [2.45, 2.75) is 13.2 Å². The predicted octanol–water partition coefficient (Wildman–Crippen LogP) is 7.22. The summed E-state index contributed by atoms with van der Waals surface area (Å²) in [7, 11) is 1.57. The monoisotopic (exact) mass is 524 g/mol. The molecule has 0 aromatic heterocycles. The Labute approximate surface area is 225 Å². The molecule has 0 unspecified atom stereocenters. The van der Waals surface area contributed by atoms with Gasteiger partial charge in [0.2, 0.25) is 0 Å². The number of hydrogen-bond donors (Lipinski definition) is 0. The molecule has 1 heterocycles. The molecule has 0 atom stereocenters. The Kier molecular flexibility index (Phi) is 7.85. The topological polar surface area (TPSA) is 51.1 Å². The smallest absolute Gasteiger partial charge is 0.267 e. The van der Waals surface area contributed by atoms with E-state index in [0.717, 1.165) is 22.4 Å². The van der Waals surface area contributed by atoms with Crippen molar-refractivity contribution in [3.8, 4) is 11.5 Å². The third-order valence-corrected chi connectivity index (χ3v) is 6.85. The number of carbonyl (C=O) groups excluding carboxylic acids is 1. The van der Waals surface area contributed by atoms with E-state index in [1.807, 2.05) is 78.9 Å². The van der Waals surface area contributed by atoms with Crippen LogP contribution in [0.15, 0.2) is 113 Å². The summed E-state index contributed by atoms with van der Waals surface area (Å²) in [6.45, 7) is 0.703. The number of nitrogens with zero attached hydrogens (tertiary/aromatic N) is 2. The van der Waals surface area contributed by atoms with E-state index >= 15 is 0 Å². The summed E-state index contributed by atoms with van der Waals surface area (Å²) in [5, 5.41) is 0.627. The van der Waals surface area contributed by atoms with Crippen molar-refractivity contribution < 1.29 is 18.7 Å². The van der Waals surface area contributed by atoms with Crippen LogP contribution in [0.3, 0.4) is 0 Å². The number of para-hydroxylation sites is 1. The average molecular weight is 525 g/mol. The summed E-state index contributed by atoms with van der Waals surface area (Å²) in [5.41, 5.74) is 3.45. The summed E-state index contributed by atoms with van der Waals surface area (Å²) in [6, 6.07) is 31.1. The van der Waals surface area contributed by atoms with Gasteiger partial charge >= 0.3 is 0 Å². The molecule has 7 heteroatoms. The van der Waals surface area contributed by atoms with Gasteiger partial charge in [0.1, 0.15) is 12.4 Å². The van der Waals surface area contributed by atoms with Crippen LogP contribution < -0.4 is 9.47 Å². The first-order valence-electron chi connectivity index (χ1n) is 12.0. The summed E-state index contributed by atoms with van der Waals surface area (Å²) in [6.07, 6.45) is 1.84. The summed E-state index contributed by atoms with van der Waals surface area (Å²) in [4.78, 5) is 20.5. The Hall–Kier alpha value is -4.36. The van der Waals surface area contributed by atoms with Crippen molar-refractivity contribution in [1.29, 1.82) is 0 Å². The molecule has 0 bridgehead atoms. The standard InChI is InChI=1S/C31H25FN2O3S/c1-36-28-18-24(14-17-27(28)37-21-23-12-15-25(32)16-13-23)19-29-30(35)34(20-22-8-4-2-5-9-22)31(38-29)33-26-10-6-3-7-11-26/h2-19H,20-21H2,1H3/b29-19+,33-31?. The predicted molar refractivity (Wildman–Crippen MR) is 150 cm³/mol. The van der Waals surface area contributed by atoms with E-state index in [9.17, 15) is 9.18 Å². The number of ether oxygens (including phenoxy) is 2. The van der Waals surface area contributed by atoms with Crippen LogP contribution in [-0.4, -0.2) is 23.1 Å². The number of rotatable bonds is 8. The minimum absolute atomic E-state index is 0.107. The second-order valence-corrected chi connectivity index (χ2v) is 9.55. The number of halogens is 1. The van der Waals surface area contributed by atoms with Crippen molar-refractivity contribution in [2.24, 2.45) is 4.99 Å². The molecule has 0 spiro atoms. The van der Waals surface area contributed by atoms with Gasteiger partial charge in [0.05, 0.1) is 24.2 Å². The minimum Gasteiger partial charge on any atom is -0.493 e. The van der Waals surface area contributed by atoms with Crippen LogP contribution in [0.1, 0.15) is 16.7 Å². The molecule has 1 aliphatic rings. The zero-order chi connectivity index (χ0) is 26.3. The maximum absolute atomic E-state index is 13.5. The first kappa shape index (κ1) is 25.3. The lowest BCUT2D eigenvalue weighted by molar-refractivity contribution is -0.122. The molecule has 5 rings (SSSR count). The molecule has 4 aromatic carbocycles. The first-order valence-corrected chi connectivity index (χ1v) is 12.8. The van der Waals surface area contributed by atoms with Crippen molar-refractivity contribution >= 4 is 34.6 Å². The number of methoxy groups -OCH3 is 1. The van der Waals surface area contributed by atoms with E-state index < -0.39 is 0 Å². The van der Waals surface area contributed by atoms with E-state index in [-0.39, 0.29) is 18.3 Å². The van der Waals surface area contributed by atoms with Gasteiger partial charge in [-0.1, -0.05) is 66.7 Å². The summed E-state index contributed by atoms with van der Waals surface area (Å²) >= 11 is 1.35. The van der Waals surface area contributed by atoms with Gasteiger partial charge in [0.25, 0.3) is 5.91 Å². The zero-order valence-corrected chi connectivity index (χ0v) is 21.5. The van der Waals surface area contributed by atoms with Crippen LogP contribution in [0.2, 0.25) is 0 Å². The molecular formula is C31H25FN2O3S. The lowest BCUT2D eigenvalue weighted by atomic mass is 10.1. The molecule has 0 saturated carbocycles. The number of aliphatic imine (C=N–C) groups is 1. The SMILES string of the molecule is COc1cc(/C=C2/SC(=Nc3ccccc3)N(Cc3ccccc3)C2=O)ccc1OCc1ccc(F)cc1. The molecule has 1 amide bonds. The molecular weight excluding hydrogens is 499 g/mol. The van der Waals surface area contributed by atoms with Gasteiger partial charge < -0.3 is 9.47 Å². The fraction of sp³-hybridized carbons (Fsp3) is 0.0968. The van der Waals surface area contributed by atoms with Gasteiger partial charge in [0, 0.05) is 0 Å². The Morgan fingerprint density at radius 2 is 1.58 bits per heavy atom. The third-order valence-electron chi connectivity index (χ3n) is 5.85. The van der Waals surface area contributed by atoms with Crippen molar-refractivity contribution in [3.05, 3.63) is 131 Å². The second kappa shape index (κ2) is 11.8. The third kappa shape index (κ3) is 6.12. The van der Waals surface area contributed by atoms with Gasteiger partial charge in [-0.25, -0.2) is 9.38 Å². The van der Waals surface area contributed by atoms with Gasteiger partial charge in [-0.3, -0.25) is 9.69 Å².